The van der Waals surface area contributed by atoms with E-state index in [4.69, 9.17) is 37.9 Å². The van der Waals surface area contributed by atoms with Gasteiger partial charge in [0.1, 0.15) is 84.1 Å². The minimum atomic E-state index is -1.26. The van der Waals surface area contributed by atoms with Crippen LogP contribution in [0, 0.1) is 11.6 Å². The normalized spacial score (nSPS) is 13.3. The highest BCUT2D eigenvalue weighted by molar-refractivity contribution is 5.80. The fourth-order valence-electron chi connectivity index (χ4n) is 12.3. The number of hydrogen-bond donors (Lipinski definition) is 4. The van der Waals surface area contributed by atoms with Gasteiger partial charge in [-0.05, 0) is 316 Å². The number of ether oxygens (including phenoxy) is 8. The topological polar surface area (TPSA) is 223 Å². The van der Waals surface area contributed by atoms with Gasteiger partial charge in [0.15, 0.2) is 0 Å². The molecule has 126 heavy (non-hydrogen) atoms. The molecule has 0 radical (unpaired) electrons. The van der Waals surface area contributed by atoms with Crippen molar-refractivity contribution in [3.05, 3.63) is 362 Å². The van der Waals surface area contributed by atoms with Crippen LogP contribution in [0.4, 0.5) is 8.78 Å². The first-order chi connectivity index (χ1) is 60.4. The van der Waals surface area contributed by atoms with Gasteiger partial charge >= 0.3 is 23.9 Å². The maximum absolute atomic E-state index is 13.1. The molecule has 12 aromatic rings. The molecule has 0 aromatic heterocycles. The van der Waals surface area contributed by atoms with Gasteiger partial charge in [0.2, 0.25) is 22.4 Å². The summed E-state index contributed by atoms with van der Waals surface area (Å²) in [6.45, 7) is 23.2. The maximum atomic E-state index is 13.1. The Balaban J connectivity index is 0.000000190. The van der Waals surface area contributed by atoms with E-state index in [9.17, 15) is 48.4 Å². The predicted molar refractivity (Wildman–Crippen MR) is 498 cm³/mol. The Hall–Kier alpha value is -14.3. The van der Waals surface area contributed by atoms with Crippen LogP contribution in [0.15, 0.2) is 328 Å². The third kappa shape index (κ3) is 28.4. The fraction of sp³-hybridized carbons (Fsp3) is 0.222. The summed E-state index contributed by atoms with van der Waals surface area (Å²) in [7, 11) is 0. The van der Waals surface area contributed by atoms with E-state index < -0.39 is 46.3 Å². The summed E-state index contributed by atoms with van der Waals surface area (Å²) in [6.07, 6.45) is 9.53. The molecule has 4 atom stereocenters. The zero-order valence-corrected chi connectivity index (χ0v) is 73.3. The second-order valence-electron chi connectivity index (χ2n) is 30.7. The number of carbonyl (C=O) groups is 4. The second-order valence-corrected chi connectivity index (χ2v) is 30.7. The Kier molecular flexibility index (Phi) is 35.1. The van der Waals surface area contributed by atoms with E-state index in [1.165, 1.54) is 46.5 Å². The van der Waals surface area contributed by atoms with Crippen molar-refractivity contribution in [2.24, 2.45) is 0 Å². The van der Waals surface area contributed by atoms with Crippen molar-refractivity contribution in [2.45, 2.75) is 131 Å². The predicted octanol–water partition coefficient (Wildman–Crippen LogP) is 26.2. The lowest BCUT2D eigenvalue weighted by Crippen LogP contribution is -2.40. The number of aliphatic carboxylic acids is 4. The van der Waals surface area contributed by atoms with Gasteiger partial charge in [-0.2, -0.15) is 0 Å². The molecule has 0 saturated carbocycles. The highest BCUT2D eigenvalue weighted by Crippen LogP contribution is 2.33. The van der Waals surface area contributed by atoms with Crippen LogP contribution in [0.5, 0.6) is 46.0 Å². The molecule has 12 aromatic carbocycles. The molecule has 18 heteroatoms. The van der Waals surface area contributed by atoms with E-state index in [0.29, 0.717) is 98.1 Å². The van der Waals surface area contributed by atoms with E-state index in [0.717, 1.165) is 66.8 Å². The number of rotatable bonds is 36. The van der Waals surface area contributed by atoms with Gasteiger partial charge in [-0.1, -0.05) is 210 Å². The molecule has 0 aliphatic heterocycles. The summed E-state index contributed by atoms with van der Waals surface area (Å²) < 4.78 is 71.9. The second kappa shape index (κ2) is 46.3. The van der Waals surface area contributed by atoms with Crippen molar-refractivity contribution in [1.29, 1.82) is 0 Å². The lowest BCUT2D eigenvalue weighted by atomic mass is 10.0. The average molecular weight is 1700 g/mol. The summed E-state index contributed by atoms with van der Waals surface area (Å²) in [5.74, 6) is 0.274. The SMILES string of the molecule is CC[C@@](C)(Oc1ccc(OC/C=C(\C)c2ccc(-c3ccc(F)cc3)cc2)cc1)C(=O)O.CC[C@@](C)(Oc1ccc(OC/C=C(\C)c2ccc(-c3ccccc3)cc2)cc1)C(=O)O.CC[C@](C)(Oc1ccc(OC/C=C(\C)c2ccc(-c3ccc(F)cc3)cc2)cc1)C(=O)O.CC[C@](C)(Oc1ccc(OC/C=C(\C)c2ccc(-c3ccccc3)cc2)cc1)C(=O)O. The van der Waals surface area contributed by atoms with E-state index in [1.54, 1.807) is 177 Å². The molecule has 0 heterocycles. The molecule has 0 fully saturated rings. The lowest BCUT2D eigenvalue weighted by molar-refractivity contribution is -0.154. The molecule has 0 spiro atoms. The molecular weight excluding hydrogens is 1590 g/mol. The number of halogens is 2. The molecule has 0 bridgehead atoms. The van der Waals surface area contributed by atoms with E-state index in [1.807, 2.05) is 123 Å². The molecule has 0 unspecified atom stereocenters. The number of carboxylic acids is 4. The van der Waals surface area contributed by atoms with E-state index in [2.05, 4.69) is 86.6 Å². The number of carboxylic acid groups (broad SMARTS) is 4. The van der Waals surface area contributed by atoms with Crippen molar-refractivity contribution >= 4 is 46.2 Å². The van der Waals surface area contributed by atoms with Crippen LogP contribution in [0.1, 0.15) is 131 Å². The standard InChI is InChI=1S/2C27H27FO4.2C27H28O4/c2*1-4-27(3,26(29)30)32-25-15-13-24(14-16-25)31-18-17-19(2)20-5-7-21(8-6-20)22-9-11-23(28)12-10-22;2*1-4-27(3,26(28)29)31-25-16-14-24(15-17-25)30-19-18-20(2)21-10-12-23(13-11-21)22-8-6-5-7-9-22/h2*5-17H,4,18H2,1-3H3,(H,29,30);2*5-18H,4,19H2,1-3H3,(H,28,29)/b2*19-17+;2*20-18+/t4*27-/m1010/s1. The van der Waals surface area contributed by atoms with Crippen molar-refractivity contribution in [2.75, 3.05) is 26.4 Å². The van der Waals surface area contributed by atoms with Gasteiger partial charge in [-0.15, -0.1) is 0 Å². The van der Waals surface area contributed by atoms with Crippen molar-refractivity contribution in [3.63, 3.8) is 0 Å². The Bertz CT molecular complexity index is 5240. The summed E-state index contributed by atoms with van der Waals surface area (Å²) >= 11 is 0. The Morgan fingerprint density at radius 2 is 0.405 bits per heavy atom. The number of allylic oxidation sites excluding steroid dienone is 4. The van der Waals surface area contributed by atoms with Crippen molar-refractivity contribution in [3.8, 4) is 90.5 Å². The van der Waals surface area contributed by atoms with Gasteiger partial charge in [0.05, 0.1) is 0 Å². The van der Waals surface area contributed by atoms with Crippen LogP contribution in [-0.2, 0) is 19.2 Å². The maximum Gasteiger partial charge on any atom is 0.347 e. The van der Waals surface area contributed by atoms with Gasteiger partial charge in [-0.3, -0.25) is 0 Å². The molecular formula is C108H110F2O16. The third-order valence-corrected chi connectivity index (χ3v) is 21.7. The van der Waals surface area contributed by atoms with Crippen LogP contribution < -0.4 is 37.9 Å². The van der Waals surface area contributed by atoms with E-state index >= 15 is 0 Å². The first-order valence-electron chi connectivity index (χ1n) is 41.8. The minimum Gasteiger partial charge on any atom is -0.490 e. The molecule has 0 saturated heterocycles. The quantitative estimate of drug-likeness (QED) is 0.0287. The Labute approximate surface area is 738 Å². The molecule has 0 amide bonds. The molecule has 12 rings (SSSR count). The van der Waals surface area contributed by atoms with Gasteiger partial charge < -0.3 is 58.3 Å². The summed E-state index contributed by atoms with van der Waals surface area (Å²) in [5.41, 5.74) is 12.7. The third-order valence-electron chi connectivity index (χ3n) is 21.7. The van der Waals surface area contributed by atoms with Crippen molar-refractivity contribution in [1.82, 2.24) is 0 Å². The van der Waals surface area contributed by atoms with Gasteiger partial charge in [-0.25, -0.2) is 28.0 Å². The lowest BCUT2D eigenvalue weighted by Gasteiger charge is -2.24. The first kappa shape index (κ1) is 95.6. The highest BCUT2D eigenvalue weighted by atomic mass is 19.1. The van der Waals surface area contributed by atoms with E-state index in [-0.39, 0.29) is 11.6 Å². The molecule has 0 aliphatic carbocycles. The zero-order valence-electron chi connectivity index (χ0n) is 73.3. The van der Waals surface area contributed by atoms with Crippen LogP contribution in [0.25, 0.3) is 66.8 Å². The molecule has 4 N–H and O–H groups in total. The first-order valence-corrected chi connectivity index (χ1v) is 41.8. The smallest absolute Gasteiger partial charge is 0.347 e. The Morgan fingerprint density at radius 3 is 0.571 bits per heavy atom. The highest BCUT2D eigenvalue weighted by Gasteiger charge is 2.36. The molecule has 0 aliphatic rings. The van der Waals surface area contributed by atoms with Crippen LogP contribution in [0.2, 0.25) is 0 Å². The number of hydrogen-bond acceptors (Lipinski definition) is 12. The summed E-state index contributed by atoms with van der Waals surface area (Å²) in [4.78, 5) is 45.5. The van der Waals surface area contributed by atoms with Crippen LogP contribution >= 0.6 is 0 Å². The van der Waals surface area contributed by atoms with Crippen LogP contribution in [0.3, 0.4) is 0 Å². The monoisotopic (exact) mass is 1700 g/mol. The zero-order chi connectivity index (χ0) is 90.8. The number of benzene rings is 12. The average Bonchev–Trinajstić information content (AvgIpc) is 0.873. The van der Waals surface area contributed by atoms with Crippen molar-refractivity contribution < 1.29 is 86.3 Å². The summed E-state index contributed by atoms with van der Waals surface area (Å²) in [5, 5.41) is 37.3. The van der Waals surface area contributed by atoms with Crippen LogP contribution in [-0.4, -0.2) is 93.1 Å². The van der Waals surface area contributed by atoms with Gasteiger partial charge in [0, 0.05) is 0 Å². The summed E-state index contributed by atoms with van der Waals surface area (Å²) in [6, 6.07) is 94.6. The Morgan fingerprint density at radius 1 is 0.246 bits per heavy atom. The minimum absolute atomic E-state index is 0.244. The van der Waals surface area contributed by atoms with Gasteiger partial charge in [0.25, 0.3) is 0 Å². The fourth-order valence-corrected chi connectivity index (χ4v) is 12.3. The largest absolute Gasteiger partial charge is 0.490 e. The molecule has 16 nitrogen and oxygen atoms in total. The molecule has 652 valence electrons.